The molecule has 0 radical (unpaired) electrons. The second-order valence-corrected chi connectivity index (χ2v) is 7.38. The van der Waals surface area contributed by atoms with Gasteiger partial charge in [0.25, 0.3) is 0 Å². The number of nitrogens with zero attached hydrogens (tertiary/aromatic N) is 2. The topological polar surface area (TPSA) is 37.3 Å². The second kappa shape index (κ2) is 6.94. The molecular formula is C15H21Br2N3O. The number of halogens is 2. The smallest absolute Gasteiger partial charge is 0.233 e. The summed E-state index contributed by atoms with van der Waals surface area (Å²) in [7, 11) is 0. The molecule has 3 rings (SSSR count). The van der Waals surface area contributed by atoms with Gasteiger partial charge in [-0.1, -0.05) is 6.42 Å². The van der Waals surface area contributed by atoms with Crippen LogP contribution in [0.2, 0.25) is 0 Å². The van der Waals surface area contributed by atoms with E-state index in [1.54, 1.807) is 0 Å². The van der Waals surface area contributed by atoms with Crippen molar-refractivity contribution in [2.75, 3.05) is 26.2 Å². The van der Waals surface area contributed by atoms with Gasteiger partial charge in [-0.25, -0.2) is 0 Å². The molecule has 0 aromatic carbocycles. The highest BCUT2D eigenvalue weighted by Crippen LogP contribution is 2.34. The predicted octanol–water partition coefficient (Wildman–Crippen LogP) is 3.18. The maximum atomic E-state index is 12.7. The Balaban J connectivity index is 1.72. The van der Waals surface area contributed by atoms with Crippen LogP contribution in [0.25, 0.3) is 0 Å². The molecule has 6 heteroatoms. The average molecular weight is 419 g/mol. The number of carbonyl (C=O) groups is 1. The Kier molecular flexibility index (Phi) is 5.19. The molecule has 0 aliphatic carbocycles. The van der Waals surface area contributed by atoms with E-state index >= 15 is 0 Å². The first kappa shape index (κ1) is 15.7. The third-order valence-electron chi connectivity index (χ3n) is 4.44. The molecule has 1 aromatic heterocycles. The minimum absolute atomic E-state index is 0.205. The number of carbonyl (C=O) groups excluding carboxylic acids is 1. The zero-order valence-electron chi connectivity index (χ0n) is 12.1. The Labute approximate surface area is 142 Å². The van der Waals surface area contributed by atoms with E-state index in [9.17, 15) is 4.79 Å². The Morgan fingerprint density at radius 1 is 1.19 bits per heavy atom. The van der Waals surface area contributed by atoms with Crippen LogP contribution < -0.4 is 5.32 Å². The number of piperidine rings is 1. The molecule has 0 saturated carbocycles. The van der Waals surface area contributed by atoms with Crippen molar-refractivity contribution < 1.29 is 4.79 Å². The summed E-state index contributed by atoms with van der Waals surface area (Å²) in [5.74, 6) is 0.205. The van der Waals surface area contributed by atoms with Crippen LogP contribution in [0.15, 0.2) is 9.08 Å². The zero-order chi connectivity index (χ0) is 14.8. The maximum Gasteiger partial charge on any atom is 0.233 e. The van der Waals surface area contributed by atoms with E-state index in [2.05, 4.69) is 42.1 Å². The first-order valence-electron chi connectivity index (χ1n) is 7.72. The fraction of sp³-hybridized carbons (Fsp3) is 0.667. The summed E-state index contributed by atoms with van der Waals surface area (Å²) in [4.78, 5) is 15.1. The molecule has 4 nitrogen and oxygen atoms in total. The first-order chi connectivity index (χ1) is 10.2. The van der Waals surface area contributed by atoms with Crippen molar-refractivity contribution in [3.63, 3.8) is 0 Å². The number of hydrogen-bond acceptors (Lipinski definition) is 3. The molecule has 1 N–H and O–H groups in total. The van der Waals surface area contributed by atoms with Crippen LogP contribution in [0.3, 0.4) is 0 Å². The lowest BCUT2D eigenvalue weighted by molar-refractivity contribution is 0.0872. The molecule has 2 aliphatic heterocycles. The molecule has 1 saturated heterocycles. The Hall–Kier alpha value is -0.170. The van der Waals surface area contributed by atoms with E-state index in [1.165, 1.54) is 24.8 Å². The van der Waals surface area contributed by atoms with E-state index < -0.39 is 0 Å². The molecule has 3 heterocycles. The fourth-order valence-electron chi connectivity index (χ4n) is 3.27. The number of nitrogens with one attached hydrogen (secondary N) is 1. The van der Waals surface area contributed by atoms with Crippen LogP contribution in [0.4, 0.5) is 0 Å². The van der Waals surface area contributed by atoms with Crippen LogP contribution >= 0.6 is 31.9 Å². The molecular weight excluding hydrogens is 398 g/mol. The van der Waals surface area contributed by atoms with Crippen LogP contribution in [0.5, 0.6) is 0 Å². The van der Waals surface area contributed by atoms with Gasteiger partial charge >= 0.3 is 0 Å². The molecule has 2 aliphatic rings. The van der Waals surface area contributed by atoms with Gasteiger partial charge in [0.05, 0.1) is 4.47 Å². The summed E-state index contributed by atoms with van der Waals surface area (Å²) < 4.78 is 3.78. The van der Waals surface area contributed by atoms with Gasteiger partial charge in [0, 0.05) is 43.7 Å². The van der Waals surface area contributed by atoms with E-state index in [0.29, 0.717) is 6.42 Å². The monoisotopic (exact) mass is 417 g/mol. The van der Waals surface area contributed by atoms with Crippen molar-refractivity contribution >= 4 is 37.8 Å². The Morgan fingerprint density at radius 3 is 2.71 bits per heavy atom. The van der Waals surface area contributed by atoms with Crippen molar-refractivity contribution in [1.82, 2.24) is 14.8 Å². The predicted molar refractivity (Wildman–Crippen MR) is 90.8 cm³/mol. The summed E-state index contributed by atoms with van der Waals surface area (Å²) in [6.45, 7) is 4.95. The van der Waals surface area contributed by atoms with Gasteiger partial charge in [-0.3, -0.25) is 9.36 Å². The van der Waals surface area contributed by atoms with Crippen molar-refractivity contribution in [1.29, 1.82) is 0 Å². The number of hydrogen-bond donors (Lipinski definition) is 1. The molecule has 1 aromatic rings. The average Bonchev–Trinajstić information content (AvgIpc) is 2.78. The van der Waals surface area contributed by atoms with Crippen molar-refractivity contribution in [2.45, 2.75) is 38.6 Å². The minimum Gasteiger partial charge on any atom is -0.312 e. The van der Waals surface area contributed by atoms with Gasteiger partial charge < -0.3 is 10.2 Å². The summed E-state index contributed by atoms with van der Waals surface area (Å²) in [6, 6.07) is 0. The Morgan fingerprint density at radius 2 is 1.95 bits per heavy atom. The summed E-state index contributed by atoms with van der Waals surface area (Å²) in [5.41, 5.74) is 2.38. The van der Waals surface area contributed by atoms with E-state index in [-0.39, 0.29) is 5.91 Å². The fourth-order valence-corrected chi connectivity index (χ4v) is 4.47. The first-order valence-corrected chi connectivity index (χ1v) is 9.31. The van der Waals surface area contributed by atoms with E-state index in [1.807, 2.05) is 4.57 Å². The molecule has 21 heavy (non-hydrogen) atoms. The number of rotatable bonds is 3. The molecule has 116 valence electrons. The molecule has 0 atom stereocenters. The lowest BCUT2D eigenvalue weighted by Crippen LogP contribution is -2.33. The van der Waals surface area contributed by atoms with Gasteiger partial charge in [0.1, 0.15) is 4.60 Å². The summed E-state index contributed by atoms with van der Waals surface area (Å²) in [5, 5.41) is 3.36. The lowest BCUT2D eigenvalue weighted by Gasteiger charge is -2.26. The number of likely N-dealkylation sites (tertiary alicyclic amines) is 1. The highest BCUT2D eigenvalue weighted by atomic mass is 79.9. The SMILES string of the molecule is O=C(CCN1CCCCC1)n1c(Br)c(Br)c2c1CCNC2. The largest absolute Gasteiger partial charge is 0.312 e. The van der Waals surface area contributed by atoms with Crippen LogP contribution in [0.1, 0.15) is 41.7 Å². The number of fused-ring (bicyclic) bond motifs is 1. The second-order valence-electron chi connectivity index (χ2n) is 5.84. The standard InChI is InChI=1S/C15H21Br2N3O/c16-14-11-10-18-6-4-12(11)20(15(14)17)13(21)5-9-19-7-2-1-3-8-19/h18H,1-10H2. The highest BCUT2D eigenvalue weighted by molar-refractivity contribution is 9.13. The zero-order valence-corrected chi connectivity index (χ0v) is 15.3. The van der Waals surface area contributed by atoms with Crippen LogP contribution in [-0.2, 0) is 13.0 Å². The third-order valence-corrected chi connectivity index (χ3v) is 6.58. The van der Waals surface area contributed by atoms with Crippen LogP contribution in [-0.4, -0.2) is 41.6 Å². The third kappa shape index (κ3) is 3.28. The molecule has 0 amide bonds. The summed E-state index contributed by atoms with van der Waals surface area (Å²) >= 11 is 7.19. The van der Waals surface area contributed by atoms with Gasteiger partial charge in [-0.05, 0) is 57.8 Å². The highest BCUT2D eigenvalue weighted by Gasteiger charge is 2.25. The molecule has 0 bridgehead atoms. The quantitative estimate of drug-likeness (QED) is 0.818. The van der Waals surface area contributed by atoms with Gasteiger partial charge in [-0.15, -0.1) is 0 Å². The lowest BCUT2D eigenvalue weighted by atomic mass is 10.1. The maximum absolute atomic E-state index is 12.7. The van der Waals surface area contributed by atoms with Crippen molar-refractivity contribution in [2.24, 2.45) is 0 Å². The molecule has 0 unspecified atom stereocenters. The van der Waals surface area contributed by atoms with Crippen LogP contribution in [0, 0.1) is 0 Å². The van der Waals surface area contributed by atoms with E-state index in [4.69, 9.17) is 0 Å². The number of aromatic nitrogens is 1. The Bertz CT molecular complexity index is 536. The molecule has 0 spiro atoms. The molecule has 1 fully saturated rings. The van der Waals surface area contributed by atoms with Crippen molar-refractivity contribution in [3.8, 4) is 0 Å². The summed E-state index contributed by atoms with van der Waals surface area (Å²) in [6.07, 6.45) is 5.39. The normalized spacial score (nSPS) is 19.5. The van der Waals surface area contributed by atoms with Gasteiger partial charge in [-0.2, -0.15) is 0 Å². The van der Waals surface area contributed by atoms with Gasteiger partial charge in [0.15, 0.2) is 0 Å². The van der Waals surface area contributed by atoms with E-state index in [0.717, 1.165) is 53.9 Å². The van der Waals surface area contributed by atoms with Gasteiger partial charge in [0.2, 0.25) is 5.91 Å². The minimum atomic E-state index is 0.205. The van der Waals surface area contributed by atoms with Crippen molar-refractivity contribution in [3.05, 3.63) is 20.3 Å².